The summed E-state index contributed by atoms with van der Waals surface area (Å²) in [6.07, 6.45) is 4.07. The number of amides is 2. The van der Waals surface area contributed by atoms with E-state index in [0.29, 0.717) is 33.5 Å². The lowest BCUT2D eigenvalue weighted by molar-refractivity contribution is 0.104. The van der Waals surface area contributed by atoms with E-state index in [-0.39, 0.29) is 17.6 Å². The van der Waals surface area contributed by atoms with Crippen LogP contribution in [0.4, 0.5) is 22.0 Å². The Morgan fingerprint density at radius 3 is 2.45 bits per heavy atom. The number of hydrogen-bond acceptors (Lipinski definition) is 5. The van der Waals surface area contributed by atoms with Gasteiger partial charge in [-0.2, -0.15) is 0 Å². The summed E-state index contributed by atoms with van der Waals surface area (Å²) in [5.41, 5.74) is 9.85. The number of benzene rings is 2. The van der Waals surface area contributed by atoms with Crippen LogP contribution in [-0.2, 0) is 0 Å². The first kappa shape index (κ1) is 22.0. The molecule has 0 radical (unpaired) electrons. The molecular formula is C25H26N6O2. The summed E-state index contributed by atoms with van der Waals surface area (Å²) in [6, 6.07) is 14.1. The Balaban J connectivity index is 1.62. The summed E-state index contributed by atoms with van der Waals surface area (Å²) in [6.45, 7) is 6.08. The van der Waals surface area contributed by atoms with Crippen molar-refractivity contribution in [1.82, 2.24) is 14.5 Å². The number of ketones is 1. The first-order valence-corrected chi connectivity index (χ1v) is 10.8. The van der Waals surface area contributed by atoms with Crippen LogP contribution in [0.1, 0.15) is 47.8 Å². The Morgan fingerprint density at radius 2 is 1.76 bits per heavy atom. The molecule has 2 aromatic heterocycles. The molecule has 0 aliphatic rings. The maximum Gasteiger partial charge on any atom is 0.323 e. The van der Waals surface area contributed by atoms with Crippen molar-refractivity contribution in [3.05, 3.63) is 77.7 Å². The van der Waals surface area contributed by atoms with Crippen molar-refractivity contribution in [2.24, 2.45) is 0 Å². The molecule has 2 heterocycles. The van der Waals surface area contributed by atoms with Crippen LogP contribution < -0.4 is 16.4 Å². The Kier molecular flexibility index (Phi) is 6.08. The summed E-state index contributed by atoms with van der Waals surface area (Å²) >= 11 is 0. The third-order valence-electron chi connectivity index (χ3n) is 5.61. The molecule has 0 fully saturated rings. The number of nitrogens with one attached hydrogen (secondary N) is 2. The molecule has 0 aliphatic heterocycles. The van der Waals surface area contributed by atoms with Gasteiger partial charge in [0.2, 0.25) is 0 Å². The summed E-state index contributed by atoms with van der Waals surface area (Å²) in [4.78, 5) is 34.3. The van der Waals surface area contributed by atoms with Gasteiger partial charge in [-0.15, -0.1) is 0 Å². The Hall–Kier alpha value is -4.20. The topological polar surface area (TPSA) is 115 Å². The predicted molar refractivity (Wildman–Crippen MR) is 131 cm³/mol. The minimum atomic E-state index is -0.392. The van der Waals surface area contributed by atoms with Crippen molar-refractivity contribution in [2.75, 3.05) is 16.4 Å². The van der Waals surface area contributed by atoms with Gasteiger partial charge in [-0.25, -0.2) is 14.8 Å². The molecule has 8 nitrogen and oxygen atoms in total. The third-order valence-corrected chi connectivity index (χ3v) is 5.61. The lowest BCUT2D eigenvalue weighted by Crippen LogP contribution is -2.19. The molecule has 0 spiro atoms. The van der Waals surface area contributed by atoms with E-state index in [2.05, 4.69) is 34.4 Å². The van der Waals surface area contributed by atoms with Gasteiger partial charge in [0.05, 0.1) is 10.9 Å². The number of aromatic nitrogens is 3. The summed E-state index contributed by atoms with van der Waals surface area (Å²) in [7, 11) is 0. The van der Waals surface area contributed by atoms with Gasteiger partial charge in [-0.3, -0.25) is 4.79 Å². The lowest BCUT2D eigenvalue weighted by Gasteiger charge is -2.11. The fraction of sp³-hybridized carbons (Fsp3) is 0.200. The number of fused-ring (bicyclic) bond motifs is 1. The molecule has 8 heteroatoms. The second-order valence-corrected chi connectivity index (χ2v) is 8.02. The number of hydrogen-bond donors (Lipinski definition) is 3. The van der Waals surface area contributed by atoms with Crippen LogP contribution in [0.2, 0.25) is 0 Å². The summed E-state index contributed by atoms with van der Waals surface area (Å²) in [5.74, 6) is 0.0449. The van der Waals surface area contributed by atoms with E-state index in [1.807, 2.05) is 35.8 Å². The van der Waals surface area contributed by atoms with Crippen molar-refractivity contribution >= 4 is 40.0 Å². The minimum Gasteiger partial charge on any atom is -0.383 e. The average Bonchev–Trinajstić information content (AvgIpc) is 3.19. The molecule has 33 heavy (non-hydrogen) atoms. The smallest absolute Gasteiger partial charge is 0.323 e. The highest BCUT2D eigenvalue weighted by molar-refractivity contribution is 6.18. The fourth-order valence-corrected chi connectivity index (χ4v) is 3.72. The number of nitrogens with zero attached hydrogens (tertiary/aromatic N) is 3. The number of anilines is 3. The van der Waals surface area contributed by atoms with Crippen molar-refractivity contribution in [3.8, 4) is 0 Å². The van der Waals surface area contributed by atoms with Crippen molar-refractivity contribution in [2.45, 2.75) is 33.2 Å². The van der Waals surface area contributed by atoms with Crippen molar-refractivity contribution < 1.29 is 9.59 Å². The average molecular weight is 443 g/mol. The second-order valence-electron chi connectivity index (χ2n) is 8.02. The highest BCUT2D eigenvalue weighted by atomic mass is 16.2. The molecular weight excluding hydrogens is 416 g/mol. The van der Waals surface area contributed by atoms with Gasteiger partial charge in [0.25, 0.3) is 0 Å². The van der Waals surface area contributed by atoms with Crippen LogP contribution in [0.3, 0.4) is 0 Å². The highest BCUT2D eigenvalue weighted by Crippen LogP contribution is 2.29. The lowest BCUT2D eigenvalue weighted by atomic mass is 10.0. The van der Waals surface area contributed by atoms with E-state index < -0.39 is 6.03 Å². The van der Waals surface area contributed by atoms with Crippen molar-refractivity contribution in [1.29, 1.82) is 0 Å². The van der Waals surface area contributed by atoms with E-state index in [4.69, 9.17) is 5.73 Å². The van der Waals surface area contributed by atoms with Crippen LogP contribution in [0.25, 0.3) is 11.0 Å². The van der Waals surface area contributed by atoms with Gasteiger partial charge in [0.15, 0.2) is 5.78 Å². The van der Waals surface area contributed by atoms with E-state index >= 15 is 0 Å². The third kappa shape index (κ3) is 4.55. The summed E-state index contributed by atoms with van der Waals surface area (Å²) < 4.78 is 1.96. The molecule has 1 unspecified atom stereocenters. The number of nitrogens with two attached hydrogens (primary N) is 1. The zero-order valence-electron chi connectivity index (χ0n) is 18.8. The Morgan fingerprint density at radius 1 is 1.06 bits per heavy atom. The largest absolute Gasteiger partial charge is 0.383 e. The second kappa shape index (κ2) is 9.12. The first-order chi connectivity index (χ1) is 15.9. The van der Waals surface area contributed by atoms with E-state index in [0.717, 1.165) is 12.0 Å². The molecule has 0 saturated heterocycles. The maximum absolute atomic E-state index is 13.5. The van der Waals surface area contributed by atoms with Crippen LogP contribution in [0.5, 0.6) is 0 Å². The minimum absolute atomic E-state index is 0.140. The predicted octanol–water partition coefficient (Wildman–Crippen LogP) is 5.17. The molecule has 2 aromatic carbocycles. The monoisotopic (exact) mass is 442 g/mol. The van der Waals surface area contributed by atoms with Gasteiger partial charge >= 0.3 is 6.03 Å². The van der Waals surface area contributed by atoms with Gasteiger partial charge in [0.1, 0.15) is 17.8 Å². The Labute approximate surface area is 191 Å². The number of rotatable bonds is 6. The molecule has 2 amide bonds. The molecule has 168 valence electrons. The molecule has 0 bridgehead atoms. The Bertz CT molecular complexity index is 1340. The number of carbonyl (C=O) groups excluding carboxylic acids is 2. The molecule has 4 N–H and O–H groups in total. The van der Waals surface area contributed by atoms with Gasteiger partial charge in [0, 0.05) is 29.2 Å². The zero-order chi connectivity index (χ0) is 23.5. The molecule has 1 atom stereocenters. The van der Waals surface area contributed by atoms with E-state index in [9.17, 15) is 9.59 Å². The van der Waals surface area contributed by atoms with Gasteiger partial charge in [-0.1, -0.05) is 31.2 Å². The normalized spacial score (nSPS) is 11.8. The van der Waals surface area contributed by atoms with Crippen LogP contribution in [0, 0.1) is 6.92 Å². The maximum atomic E-state index is 13.5. The number of aryl methyl sites for hydroxylation is 1. The van der Waals surface area contributed by atoms with E-state index in [1.54, 1.807) is 30.5 Å². The fourth-order valence-electron chi connectivity index (χ4n) is 3.72. The van der Waals surface area contributed by atoms with Crippen LogP contribution in [0.15, 0.2) is 61.1 Å². The first-order valence-electron chi connectivity index (χ1n) is 10.8. The SMILES string of the molecule is CCC(C)n1cc(C(=O)c2cccc(NC(=O)Nc3cccc(C)c3)c2)c2c(N)ncnc21. The number of nitrogen functional groups attached to an aromatic ring is 1. The van der Waals surface area contributed by atoms with Crippen LogP contribution >= 0.6 is 0 Å². The number of carbonyl (C=O) groups is 2. The van der Waals surface area contributed by atoms with Gasteiger partial charge in [-0.05, 0) is 50.1 Å². The zero-order valence-corrected chi connectivity index (χ0v) is 18.8. The summed E-state index contributed by atoms with van der Waals surface area (Å²) in [5, 5.41) is 6.12. The molecule has 0 saturated carbocycles. The molecule has 4 rings (SSSR count). The molecule has 0 aliphatic carbocycles. The highest BCUT2D eigenvalue weighted by Gasteiger charge is 2.22. The quantitative estimate of drug-likeness (QED) is 0.356. The number of urea groups is 1. The van der Waals surface area contributed by atoms with E-state index in [1.165, 1.54) is 6.33 Å². The standard InChI is InChI=1S/C25H26N6O2/c1-4-16(3)31-13-20(21-23(26)27-14-28-24(21)31)22(32)17-8-6-10-19(12-17)30-25(33)29-18-9-5-7-15(2)11-18/h5-14,16H,4H2,1-3H3,(H2,26,27,28)(H2,29,30,33). The van der Waals surface area contributed by atoms with Crippen molar-refractivity contribution in [3.63, 3.8) is 0 Å². The molecule has 4 aromatic rings. The van der Waals surface area contributed by atoms with Crippen LogP contribution in [-0.4, -0.2) is 26.3 Å². The van der Waals surface area contributed by atoms with Gasteiger partial charge < -0.3 is 20.9 Å².